The third-order valence-corrected chi connectivity index (χ3v) is 7.89. The number of primary amides is 1. The summed E-state index contributed by atoms with van der Waals surface area (Å²) in [5, 5.41) is 8.15. The molecule has 0 radical (unpaired) electrons. The number of carbonyl (C=O) groups is 6. The summed E-state index contributed by atoms with van der Waals surface area (Å²) in [5.74, 6) is -3.67. The molecule has 248 valence electrons. The molecule has 0 spiro atoms. The van der Waals surface area contributed by atoms with Gasteiger partial charge < -0.3 is 36.2 Å². The molecule has 45 heavy (non-hydrogen) atoms. The van der Waals surface area contributed by atoms with Crippen LogP contribution in [0.2, 0.25) is 0 Å². The summed E-state index contributed by atoms with van der Waals surface area (Å²) in [4.78, 5) is 80.1. The summed E-state index contributed by atoms with van der Waals surface area (Å²) in [6.07, 6.45) is 1.28. The minimum atomic E-state index is -1.30. The maximum Gasteiger partial charge on any atom is 0.410 e. The fraction of sp³-hybridized carbons (Fsp3) is 0.625. The molecule has 3 atom stereocenters. The molecule has 13 nitrogen and oxygen atoms in total. The minimum absolute atomic E-state index is 0.00778. The SMILES string of the molecule is CC(C)CC(NC(=O)N(Cc1ccccc1)C1CCN(C(=O)OC(C)(C)C)CC1)C(=O)NC(C[C@@H]1CCNC1=O)C(=O)C(N)=O. The number of carbonyl (C=O) groups excluding carboxylic acids is 6. The molecular formula is C32H48N6O7. The van der Waals surface area contributed by atoms with Crippen molar-refractivity contribution in [2.75, 3.05) is 19.6 Å². The Morgan fingerprint density at radius 2 is 1.67 bits per heavy atom. The number of urea groups is 1. The highest BCUT2D eigenvalue weighted by Gasteiger charge is 2.37. The van der Waals surface area contributed by atoms with Gasteiger partial charge in [0.15, 0.2) is 0 Å². The molecule has 0 aliphatic carbocycles. The predicted molar refractivity (Wildman–Crippen MR) is 166 cm³/mol. The van der Waals surface area contributed by atoms with Crippen LogP contribution in [0, 0.1) is 11.8 Å². The van der Waals surface area contributed by atoms with Crippen molar-refractivity contribution in [3.05, 3.63) is 35.9 Å². The van der Waals surface area contributed by atoms with Crippen LogP contribution in [-0.2, 0) is 30.5 Å². The molecular weight excluding hydrogens is 580 g/mol. The first kappa shape index (κ1) is 35.3. The topological polar surface area (TPSA) is 180 Å². The number of likely N-dealkylation sites (tertiary alicyclic amines) is 1. The lowest BCUT2D eigenvalue weighted by Crippen LogP contribution is -2.58. The second kappa shape index (κ2) is 15.7. The number of hydrogen-bond donors (Lipinski definition) is 4. The van der Waals surface area contributed by atoms with Gasteiger partial charge in [-0.1, -0.05) is 44.2 Å². The van der Waals surface area contributed by atoms with E-state index in [2.05, 4.69) is 16.0 Å². The van der Waals surface area contributed by atoms with Gasteiger partial charge in [0.05, 0.1) is 6.04 Å². The van der Waals surface area contributed by atoms with Gasteiger partial charge >= 0.3 is 12.1 Å². The molecule has 2 unspecified atom stereocenters. The first-order valence-electron chi connectivity index (χ1n) is 15.6. The van der Waals surface area contributed by atoms with Gasteiger partial charge in [-0.2, -0.15) is 0 Å². The summed E-state index contributed by atoms with van der Waals surface area (Å²) in [7, 11) is 0. The number of rotatable bonds is 12. The normalized spacial score (nSPS) is 18.5. The van der Waals surface area contributed by atoms with Crippen LogP contribution in [0.1, 0.15) is 72.3 Å². The van der Waals surface area contributed by atoms with Gasteiger partial charge in [-0.25, -0.2) is 9.59 Å². The van der Waals surface area contributed by atoms with E-state index in [1.807, 2.05) is 65.0 Å². The Labute approximate surface area is 265 Å². The number of nitrogens with two attached hydrogens (primary N) is 1. The molecule has 3 rings (SSSR count). The van der Waals surface area contributed by atoms with Crippen LogP contribution in [-0.4, -0.2) is 88.8 Å². The van der Waals surface area contributed by atoms with Crippen molar-refractivity contribution in [1.29, 1.82) is 0 Å². The van der Waals surface area contributed by atoms with Gasteiger partial charge in [0.1, 0.15) is 11.6 Å². The summed E-state index contributed by atoms with van der Waals surface area (Å²) in [5.41, 5.74) is 5.54. The van der Waals surface area contributed by atoms with Crippen LogP contribution < -0.4 is 21.7 Å². The largest absolute Gasteiger partial charge is 0.444 e. The number of nitrogens with zero attached hydrogens (tertiary/aromatic N) is 2. The van der Waals surface area contributed by atoms with Crippen molar-refractivity contribution in [2.45, 2.75) is 97.0 Å². The van der Waals surface area contributed by atoms with E-state index >= 15 is 0 Å². The number of benzene rings is 1. The average Bonchev–Trinajstić information content (AvgIpc) is 3.38. The lowest BCUT2D eigenvalue weighted by Gasteiger charge is -2.39. The monoisotopic (exact) mass is 628 g/mol. The summed E-state index contributed by atoms with van der Waals surface area (Å²) >= 11 is 0. The van der Waals surface area contributed by atoms with Crippen LogP contribution in [0.5, 0.6) is 0 Å². The zero-order chi connectivity index (χ0) is 33.3. The van der Waals surface area contributed by atoms with E-state index in [4.69, 9.17) is 10.5 Å². The molecule has 0 saturated carbocycles. The third kappa shape index (κ3) is 10.8. The standard InChI is InChI=1S/C32H48N6O7/c1-20(2)17-25(29(42)35-24(26(39)27(33)40)18-22-11-14-34-28(22)41)36-30(43)38(19-21-9-7-6-8-10-21)23-12-15-37(16-13-23)31(44)45-32(3,4)5/h6-10,20,22-25H,11-19H2,1-5H3,(H2,33,40)(H,34,41)(H,35,42)(H,36,43)/t22-,24?,25?/m0/s1. The Hall–Kier alpha value is -4.16. The molecule has 6 amide bonds. The minimum Gasteiger partial charge on any atom is -0.444 e. The number of ketones is 1. The average molecular weight is 629 g/mol. The highest BCUT2D eigenvalue weighted by atomic mass is 16.6. The molecule has 13 heteroatoms. The van der Waals surface area contributed by atoms with Crippen molar-refractivity contribution in [1.82, 2.24) is 25.8 Å². The van der Waals surface area contributed by atoms with Crippen molar-refractivity contribution in [2.24, 2.45) is 17.6 Å². The zero-order valence-corrected chi connectivity index (χ0v) is 27.0. The van der Waals surface area contributed by atoms with Gasteiger partial charge in [-0.05, 0) is 64.4 Å². The van der Waals surface area contributed by atoms with Crippen LogP contribution in [0.4, 0.5) is 9.59 Å². The van der Waals surface area contributed by atoms with Crippen LogP contribution >= 0.6 is 0 Å². The fourth-order valence-electron chi connectivity index (χ4n) is 5.60. The Bertz CT molecular complexity index is 1220. The first-order chi connectivity index (χ1) is 21.1. The number of amides is 6. The van der Waals surface area contributed by atoms with Gasteiger partial charge in [-0.3, -0.25) is 19.2 Å². The number of hydrogen-bond acceptors (Lipinski definition) is 7. The third-order valence-electron chi connectivity index (χ3n) is 7.89. The van der Waals surface area contributed by atoms with E-state index in [1.54, 1.807) is 9.80 Å². The molecule has 2 heterocycles. The first-order valence-corrected chi connectivity index (χ1v) is 15.6. The van der Waals surface area contributed by atoms with Crippen LogP contribution in [0.25, 0.3) is 0 Å². The van der Waals surface area contributed by atoms with E-state index in [9.17, 15) is 28.8 Å². The summed E-state index contributed by atoms with van der Waals surface area (Å²) < 4.78 is 5.52. The van der Waals surface area contributed by atoms with E-state index in [1.165, 1.54) is 0 Å². The van der Waals surface area contributed by atoms with Crippen molar-refractivity contribution in [3.63, 3.8) is 0 Å². The highest BCUT2D eigenvalue weighted by molar-refractivity contribution is 6.37. The maximum atomic E-state index is 13.9. The van der Waals surface area contributed by atoms with Crippen molar-refractivity contribution in [3.8, 4) is 0 Å². The number of Topliss-reactive ketones (excluding diaryl/α,β-unsaturated/α-hetero) is 1. The van der Waals surface area contributed by atoms with Crippen molar-refractivity contribution < 1.29 is 33.5 Å². The Balaban J connectivity index is 1.77. The van der Waals surface area contributed by atoms with E-state index < -0.39 is 53.3 Å². The van der Waals surface area contributed by atoms with Crippen LogP contribution in [0.15, 0.2) is 30.3 Å². The van der Waals surface area contributed by atoms with Gasteiger partial charge in [0, 0.05) is 38.1 Å². The molecule has 1 aromatic carbocycles. The van der Waals surface area contributed by atoms with Gasteiger partial charge in [0.25, 0.3) is 5.91 Å². The number of ether oxygens (including phenoxy) is 1. The molecule has 0 bridgehead atoms. The van der Waals surface area contributed by atoms with E-state index in [-0.39, 0.29) is 37.3 Å². The quantitative estimate of drug-likeness (QED) is 0.256. The molecule has 2 aliphatic rings. The molecule has 2 saturated heterocycles. The molecule has 5 N–H and O–H groups in total. The lowest BCUT2D eigenvalue weighted by molar-refractivity contribution is -0.139. The Kier molecular flexibility index (Phi) is 12.3. The van der Waals surface area contributed by atoms with Gasteiger partial charge in [0.2, 0.25) is 17.6 Å². The number of nitrogens with one attached hydrogen (secondary N) is 3. The highest BCUT2D eigenvalue weighted by Crippen LogP contribution is 2.22. The molecule has 2 aliphatic heterocycles. The number of piperidine rings is 1. The fourth-order valence-corrected chi connectivity index (χ4v) is 5.60. The van der Waals surface area contributed by atoms with E-state index in [0.29, 0.717) is 38.9 Å². The molecule has 2 fully saturated rings. The molecule has 1 aromatic rings. The van der Waals surface area contributed by atoms with E-state index in [0.717, 1.165) is 5.56 Å². The van der Waals surface area contributed by atoms with Crippen LogP contribution in [0.3, 0.4) is 0 Å². The van der Waals surface area contributed by atoms with Crippen molar-refractivity contribution >= 4 is 35.6 Å². The smallest absolute Gasteiger partial charge is 0.410 e. The predicted octanol–water partition coefficient (Wildman–Crippen LogP) is 2.08. The lowest BCUT2D eigenvalue weighted by atomic mass is 9.94. The molecule has 0 aromatic heterocycles. The summed E-state index contributed by atoms with van der Waals surface area (Å²) in [6, 6.07) is 6.44. The maximum absolute atomic E-state index is 13.9. The Morgan fingerprint density at radius 3 is 2.20 bits per heavy atom. The Morgan fingerprint density at radius 1 is 1.02 bits per heavy atom. The second-order valence-corrected chi connectivity index (χ2v) is 13.2. The summed E-state index contributed by atoms with van der Waals surface area (Å²) in [6.45, 7) is 10.7. The second-order valence-electron chi connectivity index (χ2n) is 13.2. The zero-order valence-electron chi connectivity index (χ0n) is 27.0. The van der Waals surface area contributed by atoms with Gasteiger partial charge in [-0.15, -0.1) is 0 Å².